The van der Waals surface area contributed by atoms with E-state index in [1.165, 1.54) is 19.3 Å². The summed E-state index contributed by atoms with van der Waals surface area (Å²) in [6.07, 6.45) is 5.79. The van der Waals surface area contributed by atoms with Gasteiger partial charge < -0.3 is 10.2 Å². The molecule has 2 saturated heterocycles. The van der Waals surface area contributed by atoms with Crippen LogP contribution in [-0.2, 0) is 6.54 Å². The van der Waals surface area contributed by atoms with E-state index >= 15 is 0 Å². The Bertz CT molecular complexity index is 479. The topological polar surface area (TPSA) is 31.4 Å². The summed E-state index contributed by atoms with van der Waals surface area (Å²) in [5.41, 5.74) is 1.13. The Morgan fingerprint density at radius 2 is 2.15 bits per heavy atom. The number of anilines is 1. The fourth-order valence-electron chi connectivity index (χ4n) is 3.50. The minimum atomic E-state index is 0.650. The van der Waals surface area contributed by atoms with Gasteiger partial charge in [0, 0.05) is 37.9 Å². The van der Waals surface area contributed by atoms with Crippen molar-refractivity contribution in [1.29, 1.82) is 0 Å². The van der Waals surface area contributed by atoms with Crippen LogP contribution in [0, 0.1) is 0 Å². The van der Waals surface area contributed by atoms with Gasteiger partial charge in [-0.1, -0.05) is 11.6 Å². The largest absolute Gasteiger partial charge is 0.354 e. The van der Waals surface area contributed by atoms with E-state index in [9.17, 15) is 0 Å². The molecule has 20 heavy (non-hydrogen) atoms. The molecule has 110 valence electrons. The van der Waals surface area contributed by atoms with Gasteiger partial charge in [0.05, 0.1) is 5.02 Å². The van der Waals surface area contributed by atoms with E-state index in [2.05, 4.69) is 27.1 Å². The normalized spacial score (nSPS) is 26.9. The zero-order valence-electron chi connectivity index (χ0n) is 12.3. The highest BCUT2D eigenvalue weighted by Crippen LogP contribution is 2.32. The number of halogens is 1. The Morgan fingerprint density at radius 3 is 2.90 bits per heavy atom. The molecule has 0 aromatic carbocycles. The van der Waals surface area contributed by atoms with Gasteiger partial charge in [0.25, 0.3) is 0 Å². The Labute approximate surface area is 126 Å². The van der Waals surface area contributed by atoms with Gasteiger partial charge in [0.1, 0.15) is 5.82 Å². The molecule has 5 heteroatoms. The van der Waals surface area contributed by atoms with E-state index in [1.54, 1.807) is 0 Å². The van der Waals surface area contributed by atoms with Crippen LogP contribution in [0.2, 0.25) is 5.02 Å². The van der Waals surface area contributed by atoms with Crippen LogP contribution in [0.3, 0.4) is 0 Å². The maximum Gasteiger partial charge on any atom is 0.147 e. The Kier molecular flexibility index (Phi) is 4.15. The molecule has 1 N–H and O–H groups in total. The fourth-order valence-corrected chi connectivity index (χ4v) is 3.81. The highest BCUT2D eigenvalue weighted by molar-refractivity contribution is 6.33. The van der Waals surface area contributed by atoms with Crippen LogP contribution in [0.15, 0.2) is 12.3 Å². The molecule has 3 rings (SSSR count). The molecule has 0 radical (unpaired) electrons. The van der Waals surface area contributed by atoms with Gasteiger partial charge in [0.2, 0.25) is 0 Å². The molecular weight excluding hydrogens is 272 g/mol. The summed E-state index contributed by atoms with van der Waals surface area (Å²) < 4.78 is 0. The van der Waals surface area contributed by atoms with Crippen LogP contribution in [0.5, 0.6) is 0 Å². The molecule has 0 amide bonds. The third-order valence-electron chi connectivity index (χ3n) is 4.71. The molecule has 3 heterocycles. The molecule has 2 bridgehead atoms. The van der Waals surface area contributed by atoms with Crippen molar-refractivity contribution < 1.29 is 0 Å². The van der Waals surface area contributed by atoms with E-state index in [0.717, 1.165) is 42.1 Å². The van der Waals surface area contributed by atoms with Crippen LogP contribution >= 0.6 is 11.6 Å². The third kappa shape index (κ3) is 2.65. The molecular formula is C15H23ClN4. The second kappa shape index (κ2) is 5.88. The number of pyridine rings is 1. The summed E-state index contributed by atoms with van der Waals surface area (Å²) in [6.45, 7) is 2.91. The highest BCUT2D eigenvalue weighted by Gasteiger charge is 2.35. The van der Waals surface area contributed by atoms with Gasteiger partial charge in [-0.25, -0.2) is 4.98 Å². The lowest BCUT2D eigenvalue weighted by Gasteiger charge is -2.27. The van der Waals surface area contributed by atoms with Gasteiger partial charge in [0.15, 0.2) is 0 Å². The van der Waals surface area contributed by atoms with E-state index in [-0.39, 0.29) is 0 Å². The summed E-state index contributed by atoms with van der Waals surface area (Å²) in [5.74, 6) is 0.951. The number of nitrogens with zero attached hydrogens (tertiary/aromatic N) is 3. The van der Waals surface area contributed by atoms with Crippen LogP contribution in [-0.4, -0.2) is 49.2 Å². The van der Waals surface area contributed by atoms with Crippen molar-refractivity contribution in [1.82, 2.24) is 15.2 Å². The number of hydrogen-bond acceptors (Lipinski definition) is 4. The second-order valence-electron chi connectivity index (χ2n) is 5.96. The van der Waals surface area contributed by atoms with Crippen molar-refractivity contribution in [2.24, 2.45) is 0 Å². The van der Waals surface area contributed by atoms with Gasteiger partial charge in [-0.05, 0) is 45.0 Å². The first-order chi connectivity index (χ1) is 9.69. The Morgan fingerprint density at radius 1 is 1.35 bits per heavy atom. The number of rotatable bonds is 3. The van der Waals surface area contributed by atoms with E-state index in [4.69, 9.17) is 11.6 Å². The maximum absolute atomic E-state index is 6.44. The first-order valence-electron chi connectivity index (χ1n) is 7.45. The maximum atomic E-state index is 6.44. The summed E-state index contributed by atoms with van der Waals surface area (Å²) in [5, 5.41) is 3.91. The zero-order valence-corrected chi connectivity index (χ0v) is 13.0. The van der Waals surface area contributed by atoms with E-state index < -0.39 is 0 Å². The van der Waals surface area contributed by atoms with Crippen molar-refractivity contribution in [3.05, 3.63) is 22.8 Å². The third-order valence-corrected chi connectivity index (χ3v) is 4.99. The summed E-state index contributed by atoms with van der Waals surface area (Å²) in [7, 11) is 4.19. The molecule has 2 aliphatic heterocycles. The smallest absolute Gasteiger partial charge is 0.147 e. The molecule has 2 aliphatic rings. The molecule has 0 saturated carbocycles. The van der Waals surface area contributed by atoms with E-state index in [0.29, 0.717) is 6.04 Å². The first kappa shape index (κ1) is 14.1. The minimum Gasteiger partial charge on any atom is -0.354 e. The average Bonchev–Trinajstić information content (AvgIpc) is 2.65. The summed E-state index contributed by atoms with van der Waals surface area (Å²) in [4.78, 5) is 9.52. The SMILES string of the molecule is CNCc1cnc(N2CCC3CCC(C2)N3C)c(Cl)c1. The van der Waals surface area contributed by atoms with E-state index in [1.807, 2.05) is 19.3 Å². The molecule has 2 atom stereocenters. The monoisotopic (exact) mass is 294 g/mol. The quantitative estimate of drug-likeness (QED) is 0.925. The first-order valence-corrected chi connectivity index (χ1v) is 7.82. The molecule has 0 aliphatic carbocycles. The number of aromatic nitrogens is 1. The van der Waals surface area contributed by atoms with Crippen LogP contribution in [0.4, 0.5) is 5.82 Å². The lowest BCUT2D eigenvalue weighted by atomic mass is 10.1. The second-order valence-corrected chi connectivity index (χ2v) is 6.37. The lowest BCUT2D eigenvalue weighted by molar-refractivity contribution is 0.254. The van der Waals surface area contributed by atoms with Crippen molar-refractivity contribution in [2.75, 3.05) is 32.1 Å². The summed E-state index contributed by atoms with van der Waals surface area (Å²) >= 11 is 6.44. The van der Waals surface area contributed by atoms with Gasteiger partial charge in [-0.2, -0.15) is 0 Å². The van der Waals surface area contributed by atoms with Crippen molar-refractivity contribution in [3.8, 4) is 0 Å². The van der Waals surface area contributed by atoms with Crippen molar-refractivity contribution in [3.63, 3.8) is 0 Å². The lowest BCUT2D eigenvalue weighted by Crippen LogP contribution is -2.37. The van der Waals surface area contributed by atoms with Gasteiger partial charge in [-0.3, -0.25) is 4.90 Å². The van der Waals surface area contributed by atoms with Crippen LogP contribution in [0.25, 0.3) is 0 Å². The molecule has 2 unspecified atom stereocenters. The Balaban J connectivity index is 1.79. The van der Waals surface area contributed by atoms with Crippen molar-refractivity contribution in [2.45, 2.75) is 37.9 Å². The average molecular weight is 295 g/mol. The fraction of sp³-hybridized carbons (Fsp3) is 0.667. The molecule has 4 nitrogen and oxygen atoms in total. The van der Waals surface area contributed by atoms with Crippen molar-refractivity contribution >= 4 is 17.4 Å². The number of likely N-dealkylation sites (N-methyl/N-ethyl adjacent to an activating group) is 1. The molecule has 1 aromatic rings. The zero-order chi connectivity index (χ0) is 14.1. The number of nitrogens with one attached hydrogen (secondary N) is 1. The molecule has 0 spiro atoms. The van der Waals surface area contributed by atoms with Crippen LogP contribution < -0.4 is 10.2 Å². The number of fused-ring (bicyclic) bond motifs is 2. The summed E-state index contributed by atoms with van der Waals surface area (Å²) in [6, 6.07) is 3.43. The highest BCUT2D eigenvalue weighted by atomic mass is 35.5. The molecule has 2 fully saturated rings. The van der Waals surface area contributed by atoms with Gasteiger partial charge in [-0.15, -0.1) is 0 Å². The molecule has 1 aromatic heterocycles. The van der Waals surface area contributed by atoms with Gasteiger partial charge >= 0.3 is 0 Å². The number of hydrogen-bond donors (Lipinski definition) is 1. The standard InChI is InChI=1S/C15H23ClN4/c1-17-8-11-7-14(16)15(18-9-11)20-6-5-12-3-4-13(10-20)19(12)2/h7,9,12-13,17H,3-6,8,10H2,1-2H3. The predicted molar refractivity (Wildman–Crippen MR) is 83.4 cm³/mol. The van der Waals surface area contributed by atoms with Crippen LogP contribution in [0.1, 0.15) is 24.8 Å². The minimum absolute atomic E-state index is 0.650. The predicted octanol–water partition coefficient (Wildman–Crippen LogP) is 2.13. The Hall–Kier alpha value is -0.840.